The Kier molecular flexibility index (Phi) is 3.54. The first-order valence-electron chi connectivity index (χ1n) is 5.22. The molecule has 0 heterocycles. The highest BCUT2D eigenvalue weighted by molar-refractivity contribution is 4.96. The number of hydrogen-bond acceptors (Lipinski definition) is 1. The van der Waals surface area contributed by atoms with Crippen LogP contribution in [0.1, 0.15) is 46.0 Å². The van der Waals surface area contributed by atoms with Gasteiger partial charge in [0, 0.05) is 0 Å². The lowest BCUT2D eigenvalue weighted by Crippen LogP contribution is -2.06. The maximum Gasteiger partial charge on any atom is 0.0683 e. The molecule has 0 amide bonds. The summed E-state index contributed by atoms with van der Waals surface area (Å²) < 4.78 is 0. The van der Waals surface area contributed by atoms with E-state index in [1.165, 1.54) is 12.8 Å². The lowest BCUT2D eigenvalue weighted by Gasteiger charge is -2.13. The summed E-state index contributed by atoms with van der Waals surface area (Å²) in [5.41, 5.74) is -0.132. The van der Waals surface area contributed by atoms with Gasteiger partial charge >= 0.3 is 0 Å². The van der Waals surface area contributed by atoms with Crippen molar-refractivity contribution in [3.05, 3.63) is 12.2 Å². The number of allylic oxidation sites excluding steroid dienone is 2. The largest absolute Gasteiger partial charge is 0.198 e. The lowest BCUT2D eigenvalue weighted by molar-refractivity contribution is 0.437. The molecule has 0 aromatic rings. The van der Waals surface area contributed by atoms with Gasteiger partial charge < -0.3 is 0 Å². The molecule has 1 aliphatic carbocycles. The van der Waals surface area contributed by atoms with Crippen LogP contribution in [0.2, 0.25) is 0 Å². The summed E-state index contributed by atoms with van der Waals surface area (Å²) in [4.78, 5) is 0. The van der Waals surface area contributed by atoms with Crippen LogP contribution < -0.4 is 0 Å². The smallest absolute Gasteiger partial charge is 0.0683 e. The van der Waals surface area contributed by atoms with Crippen LogP contribution in [0.4, 0.5) is 0 Å². The van der Waals surface area contributed by atoms with E-state index in [0.29, 0.717) is 0 Å². The highest BCUT2D eigenvalue weighted by atomic mass is 14.3. The molecule has 0 unspecified atom stereocenters. The SMILES string of the molecule is CC(C)(C#N)CCC/C=C/C1CC1. The highest BCUT2D eigenvalue weighted by Gasteiger charge is 2.17. The Hall–Kier alpha value is -0.770. The van der Waals surface area contributed by atoms with Gasteiger partial charge in [0.1, 0.15) is 0 Å². The summed E-state index contributed by atoms with van der Waals surface area (Å²) in [5.74, 6) is 0.893. The molecular formula is C12H19N. The van der Waals surface area contributed by atoms with Gasteiger partial charge in [0.05, 0.1) is 11.5 Å². The number of unbranched alkanes of at least 4 members (excludes halogenated alkanes) is 1. The molecule has 72 valence electrons. The molecule has 0 saturated heterocycles. The van der Waals surface area contributed by atoms with Gasteiger partial charge in [-0.25, -0.2) is 0 Å². The third-order valence-electron chi connectivity index (χ3n) is 2.51. The zero-order valence-electron chi connectivity index (χ0n) is 8.71. The number of nitriles is 1. The molecule has 1 fully saturated rings. The summed E-state index contributed by atoms with van der Waals surface area (Å²) in [6.07, 6.45) is 10.7. The van der Waals surface area contributed by atoms with Crippen molar-refractivity contribution in [2.75, 3.05) is 0 Å². The molecule has 13 heavy (non-hydrogen) atoms. The molecule has 0 N–H and O–H groups in total. The predicted molar refractivity (Wildman–Crippen MR) is 55.1 cm³/mol. The number of hydrogen-bond donors (Lipinski definition) is 0. The normalized spacial score (nSPS) is 17.6. The second-order valence-electron chi connectivity index (χ2n) is 4.65. The zero-order valence-corrected chi connectivity index (χ0v) is 8.71. The molecule has 1 rings (SSSR count). The van der Waals surface area contributed by atoms with Gasteiger partial charge in [-0.05, 0) is 51.9 Å². The van der Waals surface area contributed by atoms with E-state index in [1.807, 2.05) is 13.8 Å². The van der Waals surface area contributed by atoms with Crippen molar-refractivity contribution >= 4 is 0 Å². The van der Waals surface area contributed by atoms with Gasteiger partial charge in [-0.2, -0.15) is 5.26 Å². The van der Waals surface area contributed by atoms with E-state index in [4.69, 9.17) is 5.26 Å². The Balaban J connectivity index is 2.03. The highest BCUT2D eigenvalue weighted by Crippen LogP contribution is 2.30. The quantitative estimate of drug-likeness (QED) is 0.464. The third-order valence-corrected chi connectivity index (χ3v) is 2.51. The van der Waals surface area contributed by atoms with Gasteiger partial charge in [0.2, 0.25) is 0 Å². The first-order valence-corrected chi connectivity index (χ1v) is 5.22. The molecule has 0 atom stereocenters. The average molecular weight is 177 g/mol. The molecule has 0 spiro atoms. The Morgan fingerprint density at radius 2 is 2.15 bits per heavy atom. The fraction of sp³-hybridized carbons (Fsp3) is 0.750. The molecular weight excluding hydrogens is 158 g/mol. The molecule has 0 bridgehead atoms. The molecule has 1 nitrogen and oxygen atoms in total. The molecule has 1 heteroatoms. The summed E-state index contributed by atoms with van der Waals surface area (Å²) in [6, 6.07) is 2.33. The zero-order chi connectivity index (χ0) is 9.73. The van der Waals surface area contributed by atoms with E-state index in [1.54, 1.807) is 0 Å². The van der Waals surface area contributed by atoms with Crippen molar-refractivity contribution in [1.29, 1.82) is 5.26 Å². The Morgan fingerprint density at radius 3 is 2.69 bits per heavy atom. The van der Waals surface area contributed by atoms with Gasteiger partial charge in [-0.3, -0.25) is 0 Å². The Bertz CT molecular complexity index is 216. The minimum absolute atomic E-state index is 0.132. The topological polar surface area (TPSA) is 23.8 Å². The van der Waals surface area contributed by atoms with Crippen LogP contribution in [0, 0.1) is 22.7 Å². The summed E-state index contributed by atoms with van der Waals surface area (Å²) in [7, 11) is 0. The lowest BCUT2D eigenvalue weighted by atomic mass is 9.89. The summed E-state index contributed by atoms with van der Waals surface area (Å²) >= 11 is 0. The predicted octanol–water partition coefficient (Wildman–Crippen LogP) is 3.67. The number of rotatable bonds is 5. The van der Waals surface area contributed by atoms with Crippen LogP contribution in [-0.4, -0.2) is 0 Å². The molecule has 0 aliphatic heterocycles. The molecule has 0 aromatic heterocycles. The molecule has 0 aromatic carbocycles. The van der Waals surface area contributed by atoms with E-state index in [0.717, 1.165) is 25.2 Å². The maximum absolute atomic E-state index is 8.78. The number of nitrogens with zero attached hydrogens (tertiary/aromatic N) is 1. The van der Waals surface area contributed by atoms with Crippen LogP contribution >= 0.6 is 0 Å². The van der Waals surface area contributed by atoms with Gasteiger partial charge in [-0.15, -0.1) is 0 Å². The van der Waals surface area contributed by atoms with Crippen LogP contribution in [0.25, 0.3) is 0 Å². The second kappa shape index (κ2) is 4.46. The van der Waals surface area contributed by atoms with Crippen molar-refractivity contribution in [1.82, 2.24) is 0 Å². The third kappa shape index (κ3) is 4.72. The first kappa shape index (κ1) is 10.3. The fourth-order valence-electron chi connectivity index (χ4n) is 1.30. The van der Waals surface area contributed by atoms with E-state index in [-0.39, 0.29) is 5.41 Å². The van der Waals surface area contributed by atoms with Crippen molar-refractivity contribution < 1.29 is 0 Å². The summed E-state index contributed by atoms with van der Waals surface area (Å²) in [6.45, 7) is 4.02. The van der Waals surface area contributed by atoms with Crippen LogP contribution in [-0.2, 0) is 0 Å². The van der Waals surface area contributed by atoms with Gasteiger partial charge in [-0.1, -0.05) is 12.2 Å². The second-order valence-corrected chi connectivity index (χ2v) is 4.65. The fourth-order valence-corrected chi connectivity index (χ4v) is 1.30. The Labute approximate surface area is 81.5 Å². The van der Waals surface area contributed by atoms with Crippen LogP contribution in [0.3, 0.4) is 0 Å². The van der Waals surface area contributed by atoms with Crippen molar-refractivity contribution in [3.8, 4) is 6.07 Å². The van der Waals surface area contributed by atoms with E-state index in [2.05, 4.69) is 18.2 Å². The van der Waals surface area contributed by atoms with Gasteiger partial charge in [0.15, 0.2) is 0 Å². The van der Waals surface area contributed by atoms with E-state index < -0.39 is 0 Å². The monoisotopic (exact) mass is 177 g/mol. The van der Waals surface area contributed by atoms with Crippen LogP contribution in [0.15, 0.2) is 12.2 Å². The van der Waals surface area contributed by atoms with Crippen molar-refractivity contribution in [2.45, 2.75) is 46.0 Å². The van der Waals surface area contributed by atoms with Crippen molar-refractivity contribution in [2.24, 2.45) is 11.3 Å². The average Bonchev–Trinajstić information content (AvgIpc) is 2.87. The Morgan fingerprint density at radius 1 is 1.46 bits per heavy atom. The first-order chi connectivity index (χ1) is 6.14. The van der Waals surface area contributed by atoms with E-state index >= 15 is 0 Å². The minimum atomic E-state index is -0.132. The minimum Gasteiger partial charge on any atom is -0.198 e. The molecule has 0 radical (unpaired) electrons. The van der Waals surface area contributed by atoms with Crippen molar-refractivity contribution in [3.63, 3.8) is 0 Å². The van der Waals surface area contributed by atoms with E-state index in [9.17, 15) is 0 Å². The molecule has 1 saturated carbocycles. The standard InChI is InChI=1S/C12H19N/c1-12(2,10-13)9-5-3-4-6-11-7-8-11/h4,6,11H,3,5,7-9H2,1-2H3/b6-4+. The van der Waals surface area contributed by atoms with Crippen LogP contribution in [0.5, 0.6) is 0 Å². The maximum atomic E-state index is 8.78. The summed E-state index contributed by atoms with van der Waals surface area (Å²) in [5, 5.41) is 8.78. The van der Waals surface area contributed by atoms with Gasteiger partial charge in [0.25, 0.3) is 0 Å². The molecule has 1 aliphatic rings.